The summed E-state index contributed by atoms with van der Waals surface area (Å²) in [5, 5.41) is 7.75. The molecule has 0 bridgehead atoms. The molecule has 2 fully saturated rings. The van der Waals surface area contributed by atoms with E-state index >= 15 is 0 Å². The van der Waals surface area contributed by atoms with E-state index in [1.807, 2.05) is 62.4 Å². The Kier molecular flexibility index (Phi) is 15.0. The molecule has 20 heteroatoms. The molecule has 0 radical (unpaired) electrons. The largest absolute Gasteiger partial charge is 0.466 e. The fourth-order valence-electron chi connectivity index (χ4n) is 8.10. The number of carbonyl (C=O) groups is 2. The monoisotopic (exact) mass is 970 g/mol. The van der Waals surface area contributed by atoms with Crippen LogP contribution in [0.4, 0.5) is 11.6 Å². The van der Waals surface area contributed by atoms with E-state index in [1.54, 1.807) is 68.7 Å². The third-order valence-electron chi connectivity index (χ3n) is 12.0. The molecule has 0 saturated heterocycles. The lowest BCUT2D eigenvalue weighted by atomic mass is 9.80. The second-order valence-electron chi connectivity index (χ2n) is 17.0. The SMILES string of the molecule is CCOC(=O)C1CC(n2c(=O)nc(-n3cccn3)n(Cc3ccc(C)cc3)c2=O)C1.CCOC(=O)C1CC(n2c(=O)nc(Nc3ccc(Oc4ccc(Cl)cn4)cc3)n(Cc3ccc(C)cc3)c2=O)C1. The molecule has 2 aliphatic carbocycles. The predicted molar refractivity (Wildman–Crippen MR) is 259 cm³/mol. The van der Waals surface area contributed by atoms with Crippen LogP contribution in [0.2, 0.25) is 5.02 Å². The molecular weight excluding hydrogens is 920 g/mol. The first-order valence-electron chi connectivity index (χ1n) is 22.9. The van der Waals surface area contributed by atoms with Gasteiger partial charge in [0, 0.05) is 42.4 Å². The van der Waals surface area contributed by atoms with Gasteiger partial charge < -0.3 is 19.5 Å². The van der Waals surface area contributed by atoms with Crippen LogP contribution < -0.4 is 32.8 Å². The molecule has 4 heterocycles. The van der Waals surface area contributed by atoms with Crippen LogP contribution in [0.1, 0.15) is 73.9 Å². The Hall–Kier alpha value is -7.93. The minimum atomic E-state index is -0.672. The molecule has 0 amide bonds. The van der Waals surface area contributed by atoms with Crippen molar-refractivity contribution in [2.75, 3.05) is 18.5 Å². The number of benzene rings is 3. The maximum absolute atomic E-state index is 13.7. The van der Waals surface area contributed by atoms with E-state index in [0.29, 0.717) is 54.6 Å². The van der Waals surface area contributed by atoms with Gasteiger partial charge in [0.2, 0.25) is 17.8 Å². The molecular formula is C50H51ClN10O9. The fourth-order valence-corrected chi connectivity index (χ4v) is 8.21. The molecule has 4 aromatic heterocycles. The Morgan fingerprint density at radius 1 is 0.686 bits per heavy atom. The number of rotatable bonds is 15. The van der Waals surface area contributed by atoms with Gasteiger partial charge in [-0.15, -0.1) is 0 Å². The minimum absolute atomic E-state index is 0.112. The van der Waals surface area contributed by atoms with Crippen LogP contribution in [0.3, 0.4) is 0 Å². The van der Waals surface area contributed by atoms with Gasteiger partial charge in [-0.1, -0.05) is 71.3 Å². The van der Waals surface area contributed by atoms with Gasteiger partial charge >= 0.3 is 34.7 Å². The number of aromatic nitrogens is 9. The Bertz CT molecular complexity index is 3190. The molecule has 0 unspecified atom stereocenters. The first kappa shape index (κ1) is 48.5. The molecule has 0 spiro atoms. The highest BCUT2D eigenvalue weighted by Crippen LogP contribution is 2.38. The van der Waals surface area contributed by atoms with Gasteiger partial charge in [-0.25, -0.2) is 38.0 Å². The van der Waals surface area contributed by atoms with Crippen molar-refractivity contribution in [2.45, 2.75) is 78.6 Å². The van der Waals surface area contributed by atoms with Crippen molar-refractivity contribution in [1.82, 2.24) is 43.0 Å². The van der Waals surface area contributed by atoms with E-state index in [2.05, 4.69) is 25.4 Å². The van der Waals surface area contributed by atoms with Crippen molar-refractivity contribution in [2.24, 2.45) is 11.8 Å². The van der Waals surface area contributed by atoms with E-state index in [1.165, 1.54) is 20.0 Å². The van der Waals surface area contributed by atoms with Crippen LogP contribution in [-0.4, -0.2) is 68.2 Å². The van der Waals surface area contributed by atoms with E-state index in [-0.39, 0.29) is 61.4 Å². The second kappa shape index (κ2) is 21.6. The van der Waals surface area contributed by atoms with Gasteiger partial charge in [-0.3, -0.25) is 18.7 Å². The van der Waals surface area contributed by atoms with Crippen LogP contribution in [0.5, 0.6) is 11.6 Å². The topological polar surface area (TPSA) is 218 Å². The number of hydrogen-bond donors (Lipinski definition) is 1. The second-order valence-corrected chi connectivity index (χ2v) is 17.5. The zero-order valence-corrected chi connectivity index (χ0v) is 39.7. The molecule has 7 aromatic rings. The Morgan fingerprint density at radius 3 is 1.71 bits per heavy atom. The van der Waals surface area contributed by atoms with E-state index in [9.17, 15) is 28.8 Å². The van der Waals surface area contributed by atoms with Gasteiger partial charge in [0.25, 0.3) is 0 Å². The van der Waals surface area contributed by atoms with Gasteiger partial charge in [0.15, 0.2) is 0 Å². The summed E-state index contributed by atoms with van der Waals surface area (Å²) in [5.41, 5.74) is 2.31. The number of nitrogens with one attached hydrogen (secondary N) is 1. The standard InChI is InChI=1S/C29H28ClN5O5.C21H23N5O4/c1-3-39-26(36)20-14-23(15-20)35-28(37)33-27(34(29(35)38)17-19-6-4-18(2)5-7-19)32-22-9-11-24(12-10-22)40-25-13-8-21(30)16-31-25;1-3-30-18(27)16-11-17(12-16)26-20(28)23-19(25-10-4-9-22-25)24(21(26)29)13-15-7-5-14(2)6-8-15/h4-13,16,20,23H,3,14-15,17H2,1-2H3,(H,32,33,37);4-10,16-17H,3,11-13H2,1-2H3. The Balaban J connectivity index is 0.000000196. The molecule has 2 aliphatic rings. The van der Waals surface area contributed by atoms with Crippen LogP contribution in [0.15, 0.2) is 129 Å². The highest BCUT2D eigenvalue weighted by atomic mass is 35.5. The first-order valence-corrected chi connectivity index (χ1v) is 23.2. The van der Waals surface area contributed by atoms with Gasteiger partial charge in [0.1, 0.15) is 5.75 Å². The third-order valence-corrected chi connectivity index (χ3v) is 12.3. The zero-order chi connectivity index (χ0) is 49.5. The number of halogens is 1. The molecule has 0 aliphatic heterocycles. The summed E-state index contributed by atoms with van der Waals surface area (Å²) in [4.78, 5) is 89.3. The van der Waals surface area contributed by atoms with Gasteiger partial charge in [-0.05, 0) is 101 Å². The molecule has 1 N–H and O–H groups in total. The molecule has 2 saturated carbocycles. The van der Waals surface area contributed by atoms with Crippen LogP contribution in [-0.2, 0) is 32.2 Å². The van der Waals surface area contributed by atoms with Crippen LogP contribution >= 0.6 is 11.6 Å². The number of aryl methyl sites for hydroxylation is 2. The predicted octanol–water partition coefficient (Wildman–Crippen LogP) is 6.32. The quantitative estimate of drug-likeness (QED) is 0.111. The molecule has 19 nitrogen and oxygen atoms in total. The van der Waals surface area contributed by atoms with Crippen molar-refractivity contribution in [3.8, 4) is 17.6 Å². The Morgan fingerprint density at radius 2 is 1.21 bits per heavy atom. The van der Waals surface area contributed by atoms with Crippen molar-refractivity contribution < 1.29 is 23.8 Å². The molecule has 70 heavy (non-hydrogen) atoms. The highest BCUT2D eigenvalue weighted by Gasteiger charge is 2.40. The summed E-state index contributed by atoms with van der Waals surface area (Å²) in [6.45, 7) is 8.51. The number of pyridine rings is 1. The normalized spacial score (nSPS) is 17.0. The smallest absolute Gasteiger partial charge is 0.355 e. The van der Waals surface area contributed by atoms with E-state index in [0.717, 1.165) is 31.4 Å². The minimum Gasteiger partial charge on any atom is -0.466 e. The van der Waals surface area contributed by atoms with Crippen molar-refractivity contribution in [3.05, 3.63) is 179 Å². The van der Waals surface area contributed by atoms with Gasteiger partial charge in [0.05, 0.1) is 43.2 Å². The van der Waals surface area contributed by atoms with E-state index < -0.39 is 28.8 Å². The lowest BCUT2D eigenvalue weighted by molar-refractivity contribution is -0.153. The molecule has 9 rings (SSSR count). The molecule has 3 aromatic carbocycles. The summed E-state index contributed by atoms with van der Waals surface area (Å²) in [6.07, 6.45) is 6.19. The molecule has 0 atom stereocenters. The lowest BCUT2D eigenvalue weighted by Crippen LogP contribution is -2.49. The third kappa shape index (κ3) is 11.2. The van der Waals surface area contributed by atoms with Gasteiger partial charge in [-0.2, -0.15) is 15.1 Å². The summed E-state index contributed by atoms with van der Waals surface area (Å²) in [7, 11) is 0. The number of carbonyl (C=O) groups excluding carboxylic acids is 2. The number of anilines is 2. The number of esters is 2. The molecule has 362 valence electrons. The first-order chi connectivity index (χ1) is 33.8. The lowest BCUT2D eigenvalue weighted by Gasteiger charge is -2.34. The summed E-state index contributed by atoms with van der Waals surface area (Å²) < 4.78 is 22.4. The summed E-state index contributed by atoms with van der Waals surface area (Å²) >= 11 is 5.88. The maximum Gasteiger partial charge on any atom is 0.355 e. The van der Waals surface area contributed by atoms with Crippen molar-refractivity contribution >= 4 is 35.2 Å². The highest BCUT2D eigenvalue weighted by molar-refractivity contribution is 6.30. The summed E-state index contributed by atoms with van der Waals surface area (Å²) in [6, 6.07) is 26.8. The number of ether oxygens (including phenoxy) is 3. The zero-order valence-electron chi connectivity index (χ0n) is 38.9. The Labute approximate surface area is 405 Å². The number of nitrogens with zero attached hydrogens (tertiary/aromatic N) is 9. The maximum atomic E-state index is 13.7. The van der Waals surface area contributed by atoms with Crippen LogP contribution in [0, 0.1) is 25.7 Å². The van der Waals surface area contributed by atoms with E-state index in [4.69, 9.17) is 25.8 Å². The van der Waals surface area contributed by atoms with Crippen LogP contribution in [0.25, 0.3) is 5.95 Å². The average molecular weight is 971 g/mol. The average Bonchev–Trinajstić information content (AvgIpc) is 3.85. The van der Waals surface area contributed by atoms with Crippen molar-refractivity contribution in [3.63, 3.8) is 0 Å². The number of hydrogen-bond acceptors (Lipinski definition) is 14. The fraction of sp³-hybridized carbons (Fsp3) is 0.320. The van der Waals surface area contributed by atoms with Crippen molar-refractivity contribution in [1.29, 1.82) is 0 Å². The summed E-state index contributed by atoms with van der Waals surface area (Å²) in [5.74, 6) is -0.0131.